The van der Waals surface area contributed by atoms with Crippen LogP contribution in [-0.4, -0.2) is 46.2 Å². The minimum Gasteiger partial charge on any atom is -0.456 e. The normalized spacial score (nSPS) is 20.4. The third kappa shape index (κ3) is 3.85. The highest BCUT2D eigenvalue weighted by molar-refractivity contribution is 6.07. The topological polar surface area (TPSA) is 85.7 Å². The van der Waals surface area contributed by atoms with Crippen LogP contribution in [0, 0.1) is 31.5 Å². The fourth-order valence-electron chi connectivity index (χ4n) is 4.83. The number of aromatic nitrogens is 1. The van der Waals surface area contributed by atoms with Crippen LogP contribution in [0.15, 0.2) is 30.3 Å². The molecule has 7 nitrogen and oxygen atoms in total. The second kappa shape index (κ2) is 8.68. The maximum Gasteiger partial charge on any atom is 0.326 e. The number of esters is 1. The summed E-state index contributed by atoms with van der Waals surface area (Å²) in [6, 6.07) is 7.87. The first-order valence-corrected chi connectivity index (χ1v) is 10.8. The molecule has 1 aliphatic carbocycles. The quantitative estimate of drug-likeness (QED) is 0.391. The van der Waals surface area contributed by atoms with Crippen LogP contribution in [0.3, 0.4) is 0 Å². The van der Waals surface area contributed by atoms with Crippen molar-refractivity contribution in [2.24, 2.45) is 11.8 Å². The van der Waals surface area contributed by atoms with E-state index >= 15 is 0 Å². The molecular formula is C24H25FN2O5. The maximum atomic E-state index is 14.2. The number of amides is 2. The summed E-state index contributed by atoms with van der Waals surface area (Å²) in [5.74, 6) is -2.99. The van der Waals surface area contributed by atoms with Gasteiger partial charge < -0.3 is 9.30 Å². The highest BCUT2D eigenvalue weighted by Gasteiger charge is 2.48. The lowest BCUT2D eigenvalue weighted by molar-refractivity contribution is -0.152. The zero-order valence-corrected chi connectivity index (χ0v) is 18.1. The third-order valence-electron chi connectivity index (χ3n) is 6.41. The number of aryl methyl sites for hydroxylation is 1. The first-order valence-electron chi connectivity index (χ1n) is 10.8. The summed E-state index contributed by atoms with van der Waals surface area (Å²) in [4.78, 5) is 50.9. The van der Waals surface area contributed by atoms with Gasteiger partial charge in [0.05, 0.1) is 17.5 Å². The van der Waals surface area contributed by atoms with Crippen LogP contribution >= 0.6 is 0 Å². The molecule has 1 saturated heterocycles. The van der Waals surface area contributed by atoms with Gasteiger partial charge >= 0.3 is 5.97 Å². The third-order valence-corrected chi connectivity index (χ3v) is 6.41. The molecule has 0 bridgehead atoms. The number of hydrogen-bond acceptors (Lipinski definition) is 5. The number of imide groups is 1. The summed E-state index contributed by atoms with van der Waals surface area (Å²) in [5.41, 5.74) is 1.84. The van der Waals surface area contributed by atoms with E-state index in [4.69, 9.17) is 4.74 Å². The number of para-hydroxylation sites is 1. The number of nitrogens with zero attached hydrogens (tertiary/aromatic N) is 2. The Morgan fingerprint density at radius 3 is 2.31 bits per heavy atom. The number of halogens is 1. The maximum absolute atomic E-state index is 14.2. The van der Waals surface area contributed by atoms with E-state index in [1.807, 2.05) is 0 Å². The number of benzene rings is 1. The van der Waals surface area contributed by atoms with E-state index in [1.54, 1.807) is 42.7 Å². The van der Waals surface area contributed by atoms with Crippen molar-refractivity contribution in [1.82, 2.24) is 9.47 Å². The lowest BCUT2D eigenvalue weighted by Gasteiger charge is -2.19. The monoisotopic (exact) mass is 440 g/mol. The minimum atomic E-state index is -0.804. The Morgan fingerprint density at radius 2 is 1.69 bits per heavy atom. The number of ketones is 1. The lowest BCUT2D eigenvalue weighted by Crippen LogP contribution is -2.37. The summed E-state index contributed by atoms with van der Waals surface area (Å²) in [6.45, 7) is 2.44. The second-order valence-corrected chi connectivity index (χ2v) is 8.42. The zero-order valence-electron chi connectivity index (χ0n) is 18.1. The van der Waals surface area contributed by atoms with E-state index in [2.05, 4.69) is 0 Å². The molecule has 1 saturated carbocycles. The Bertz CT molecular complexity index is 1080. The van der Waals surface area contributed by atoms with Gasteiger partial charge in [0.1, 0.15) is 12.4 Å². The molecule has 1 aliphatic heterocycles. The number of likely N-dealkylation sites (tertiary alicyclic amines) is 1. The molecule has 2 atom stereocenters. The van der Waals surface area contributed by atoms with E-state index in [0.29, 0.717) is 35.5 Å². The van der Waals surface area contributed by atoms with Crippen molar-refractivity contribution in [3.8, 4) is 5.69 Å². The number of rotatable bonds is 6. The molecule has 2 fully saturated rings. The molecule has 1 aromatic carbocycles. The van der Waals surface area contributed by atoms with Crippen LogP contribution in [0.4, 0.5) is 4.39 Å². The van der Waals surface area contributed by atoms with Crippen molar-refractivity contribution in [3.05, 3.63) is 53.1 Å². The molecule has 0 N–H and O–H groups in total. The Morgan fingerprint density at radius 1 is 1.06 bits per heavy atom. The molecule has 8 heteroatoms. The molecule has 2 unspecified atom stereocenters. The molecule has 0 radical (unpaired) electrons. The van der Waals surface area contributed by atoms with Gasteiger partial charge in [0.25, 0.3) is 0 Å². The largest absolute Gasteiger partial charge is 0.456 e. The number of Topliss-reactive ketones (excluding diaryl/α,β-unsaturated/α-hetero) is 1. The van der Waals surface area contributed by atoms with Crippen LogP contribution in [0.5, 0.6) is 0 Å². The highest BCUT2D eigenvalue weighted by atomic mass is 19.1. The average molecular weight is 440 g/mol. The fraction of sp³-hybridized carbons (Fsp3) is 0.417. The lowest BCUT2D eigenvalue weighted by atomic mass is 9.81. The molecule has 32 heavy (non-hydrogen) atoms. The van der Waals surface area contributed by atoms with E-state index in [0.717, 1.165) is 17.7 Å². The van der Waals surface area contributed by atoms with Crippen molar-refractivity contribution >= 4 is 23.6 Å². The number of carbonyl (C=O) groups is 4. The van der Waals surface area contributed by atoms with Crippen LogP contribution in [0.25, 0.3) is 5.69 Å². The van der Waals surface area contributed by atoms with Gasteiger partial charge in [0, 0.05) is 17.0 Å². The molecule has 168 valence electrons. The summed E-state index contributed by atoms with van der Waals surface area (Å²) in [5, 5.41) is 0. The van der Waals surface area contributed by atoms with Gasteiger partial charge in [-0.05, 0) is 44.9 Å². The standard InChI is InChI=1S/C24H25FN2O5/c1-14-11-18(15(2)27(14)20-10-6-5-9-19(20)25)21(28)13-32-22(29)12-26-23(30)16-7-3-4-8-17(16)24(26)31/h5-6,9-11,16-17H,3-4,7-8,12-13H2,1-2H3. The number of ether oxygens (including phenoxy) is 1. The van der Waals surface area contributed by atoms with Crippen molar-refractivity contribution in [2.75, 3.05) is 13.2 Å². The van der Waals surface area contributed by atoms with Crippen molar-refractivity contribution < 1.29 is 28.3 Å². The molecule has 2 aromatic rings. The smallest absolute Gasteiger partial charge is 0.326 e. The van der Waals surface area contributed by atoms with E-state index in [9.17, 15) is 23.6 Å². The van der Waals surface area contributed by atoms with Gasteiger partial charge in [-0.1, -0.05) is 25.0 Å². The summed E-state index contributed by atoms with van der Waals surface area (Å²) in [7, 11) is 0. The Balaban J connectivity index is 1.41. The van der Waals surface area contributed by atoms with Crippen LogP contribution in [0.1, 0.15) is 47.4 Å². The first kappa shape index (κ1) is 21.9. The zero-order chi connectivity index (χ0) is 23.0. The Kier molecular flexibility index (Phi) is 5.95. The van der Waals surface area contributed by atoms with Gasteiger partial charge in [-0.25, -0.2) is 4.39 Å². The van der Waals surface area contributed by atoms with Gasteiger partial charge in [-0.3, -0.25) is 24.1 Å². The molecule has 2 heterocycles. The summed E-state index contributed by atoms with van der Waals surface area (Å²) < 4.78 is 21.0. The molecule has 0 spiro atoms. The van der Waals surface area contributed by atoms with Crippen molar-refractivity contribution in [2.45, 2.75) is 39.5 Å². The number of hydrogen-bond donors (Lipinski definition) is 0. The van der Waals surface area contributed by atoms with E-state index in [-0.39, 0.29) is 23.7 Å². The van der Waals surface area contributed by atoms with E-state index in [1.165, 1.54) is 6.07 Å². The fourth-order valence-corrected chi connectivity index (χ4v) is 4.83. The molecular weight excluding hydrogens is 415 g/mol. The van der Waals surface area contributed by atoms with Crippen LogP contribution in [-0.2, 0) is 19.1 Å². The van der Waals surface area contributed by atoms with Crippen molar-refractivity contribution in [1.29, 1.82) is 0 Å². The Labute approximate surface area is 185 Å². The average Bonchev–Trinajstić information content (AvgIpc) is 3.21. The van der Waals surface area contributed by atoms with Gasteiger partial charge in [0.2, 0.25) is 17.6 Å². The highest BCUT2D eigenvalue weighted by Crippen LogP contribution is 2.37. The molecule has 2 aliphatic rings. The first-order chi connectivity index (χ1) is 15.3. The summed E-state index contributed by atoms with van der Waals surface area (Å²) in [6.07, 6.45) is 3.13. The predicted molar refractivity (Wildman–Crippen MR) is 113 cm³/mol. The van der Waals surface area contributed by atoms with Gasteiger partial charge in [0.15, 0.2) is 6.61 Å². The van der Waals surface area contributed by atoms with Crippen LogP contribution in [0.2, 0.25) is 0 Å². The molecule has 4 rings (SSSR count). The van der Waals surface area contributed by atoms with Crippen molar-refractivity contribution in [3.63, 3.8) is 0 Å². The van der Waals surface area contributed by atoms with E-state index < -0.39 is 30.7 Å². The molecule has 2 amide bonds. The van der Waals surface area contributed by atoms with Gasteiger partial charge in [-0.2, -0.15) is 0 Å². The second-order valence-electron chi connectivity index (χ2n) is 8.42. The van der Waals surface area contributed by atoms with Crippen LogP contribution < -0.4 is 0 Å². The predicted octanol–water partition coefficient (Wildman–Crippen LogP) is 3.13. The summed E-state index contributed by atoms with van der Waals surface area (Å²) >= 11 is 0. The molecule has 1 aromatic heterocycles. The number of carbonyl (C=O) groups excluding carboxylic acids is 4. The number of fused-ring (bicyclic) bond motifs is 1. The SMILES string of the molecule is Cc1cc(C(=O)COC(=O)CN2C(=O)C3CCCCC3C2=O)c(C)n1-c1ccccc1F. The Hall–Kier alpha value is -3.29. The minimum absolute atomic E-state index is 0.317. The van der Waals surface area contributed by atoms with Gasteiger partial charge in [-0.15, -0.1) is 0 Å².